The minimum atomic E-state index is -0.144. The molecule has 1 aromatic rings. The largest absolute Gasteiger partial charge is 0.379 e. The first kappa shape index (κ1) is 17.4. The molecule has 2 aliphatic heterocycles. The van der Waals surface area contributed by atoms with Crippen LogP contribution in [0.25, 0.3) is 0 Å². The lowest BCUT2D eigenvalue weighted by molar-refractivity contribution is 0.0305. The molecule has 1 amide bonds. The Morgan fingerprint density at radius 2 is 2.17 bits per heavy atom. The summed E-state index contributed by atoms with van der Waals surface area (Å²) in [6.45, 7) is 11.2. The molecule has 3 rings (SSSR count). The van der Waals surface area contributed by atoms with Crippen LogP contribution in [0.3, 0.4) is 0 Å². The molecular formula is C17H28N4O3. The van der Waals surface area contributed by atoms with Crippen molar-refractivity contribution in [3.8, 4) is 0 Å². The Labute approximate surface area is 143 Å². The second-order valence-corrected chi connectivity index (χ2v) is 7.02. The predicted octanol–water partition coefficient (Wildman–Crippen LogP) is 0.967. The summed E-state index contributed by atoms with van der Waals surface area (Å²) in [6, 6.07) is 2.32. The Morgan fingerprint density at radius 1 is 1.38 bits per heavy atom. The summed E-state index contributed by atoms with van der Waals surface area (Å²) >= 11 is 0. The average Bonchev–Trinajstić information content (AvgIpc) is 3.23. The summed E-state index contributed by atoms with van der Waals surface area (Å²) in [7, 11) is 0. The van der Waals surface area contributed by atoms with Crippen molar-refractivity contribution < 1.29 is 14.1 Å². The number of hydrogen-bond acceptors (Lipinski definition) is 6. The van der Waals surface area contributed by atoms with Crippen LogP contribution in [0, 0.1) is 5.92 Å². The molecule has 1 aromatic heterocycles. The molecule has 1 atom stereocenters. The van der Waals surface area contributed by atoms with Crippen molar-refractivity contribution in [1.29, 1.82) is 0 Å². The zero-order chi connectivity index (χ0) is 16.9. The molecule has 134 valence electrons. The van der Waals surface area contributed by atoms with Crippen LogP contribution in [0.4, 0.5) is 0 Å². The maximum absolute atomic E-state index is 12.2. The lowest BCUT2D eigenvalue weighted by Gasteiger charge is -2.25. The first-order chi connectivity index (χ1) is 11.6. The van der Waals surface area contributed by atoms with Crippen LogP contribution in [0.5, 0.6) is 0 Å². The van der Waals surface area contributed by atoms with E-state index < -0.39 is 0 Å². The van der Waals surface area contributed by atoms with Crippen molar-refractivity contribution in [2.75, 3.05) is 45.9 Å². The summed E-state index contributed by atoms with van der Waals surface area (Å²) < 4.78 is 10.6. The molecule has 0 aliphatic carbocycles. The van der Waals surface area contributed by atoms with E-state index in [1.807, 2.05) is 0 Å². The molecule has 2 aliphatic rings. The van der Waals surface area contributed by atoms with Gasteiger partial charge in [0.05, 0.1) is 19.8 Å². The summed E-state index contributed by atoms with van der Waals surface area (Å²) in [4.78, 5) is 16.9. The van der Waals surface area contributed by atoms with Crippen LogP contribution in [0.1, 0.15) is 36.5 Å². The second kappa shape index (κ2) is 8.09. The molecule has 24 heavy (non-hydrogen) atoms. The number of nitrogens with zero attached hydrogens (tertiary/aromatic N) is 3. The van der Waals surface area contributed by atoms with Gasteiger partial charge in [-0.25, -0.2) is 0 Å². The van der Waals surface area contributed by atoms with Gasteiger partial charge in [-0.2, -0.15) is 0 Å². The number of morpholine rings is 1. The Morgan fingerprint density at radius 3 is 2.88 bits per heavy atom. The highest BCUT2D eigenvalue weighted by Gasteiger charge is 2.25. The van der Waals surface area contributed by atoms with E-state index in [0.29, 0.717) is 30.7 Å². The molecule has 1 N–H and O–H groups in total. The Bertz CT molecular complexity index is 540. The molecule has 0 unspecified atom stereocenters. The molecule has 2 saturated heterocycles. The highest BCUT2D eigenvalue weighted by molar-refractivity contribution is 5.92. The molecule has 0 spiro atoms. The molecule has 7 nitrogen and oxygen atoms in total. The Balaban J connectivity index is 1.44. The fourth-order valence-corrected chi connectivity index (χ4v) is 3.30. The van der Waals surface area contributed by atoms with Crippen molar-refractivity contribution in [3.05, 3.63) is 17.5 Å². The van der Waals surface area contributed by atoms with E-state index >= 15 is 0 Å². The van der Waals surface area contributed by atoms with Gasteiger partial charge < -0.3 is 19.5 Å². The van der Waals surface area contributed by atoms with Crippen molar-refractivity contribution >= 4 is 5.91 Å². The number of carbonyl (C=O) groups excluding carboxylic acids is 1. The van der Waals surface area contributed by atoms with Crippen molar-refractivity contribution in [1.82, 2.24) is 20.3 Å². The van der Waals surface area contributed by atoms with E-state index in [1.54, 1.807) is 6.07 Å². The van der Waals surface area contributed by atoms with Crippen LogP contribution in [0.2, 0.25) is 0 Å². The third-order valence-corrected chi connectivity index (χ3v) is 4.87. The van der Waals surface area contributed by atoms with Gasteiger partial charge in [0.25, 0.3) is 5.91 Å². The van der Waals surface area contributed by atoms with Gasteiger partial charge in [-0.1, -0.05) is 5.16 Å². The number of aromatic nitrogens is 1. The number of likely N-dealkylation sites (tertiary alicyclic amines) is 1. The van der Waals surface area contributed by atoms with Crippen molar-refractivity contribution in [2.24, 2.45) is 5.92 Å². The fraction of sp³-hybridized carbons (Fsp3) is 0.765. The molecule has 0 saturated carbocycles. The lowest BCUT2D eigenvalue weighted by Crippen LogP contribution is -2.35. The number of carbonyl (C=O) groups is 1. The fourth-order valence-electron chi connectivity index (χ4n) is 3.30. The zero-order valence-corrected chi connectivity index (χ0v) is 14.7. The quantitative estimate of drug-likeness (QED) is 0.835. The Kier molecular flexibility index (Phi) is 5.86. The normalized spacial score (nSPS) is 23.0. The molecule has 0 radical (unpaired) electrons. The highest BCUT2D eigenvalue weighted by atomic mass is 16.5. The van der Waals surface area contributed by atoms with Crippen molar-refractivity contribution in [2.45, 2.75) is 32.9 Å². The predicted molar refractivity (Wildman–Crippen MR) is 89.7 cm³/mol. The van der Waals surface area contributed by atoms with Gasteiger partial charge in [0.1, 0.15) is 0 Å². The Hall–Kier alpha value is -1.44. The van der Waals surface area contributed by atoms with E-state index in [-0.39, 0.29) is 5.91 Å². The van der Waals surface area contributed by atoms with Crippen LogP contribution in [0.15, 0.2) is 10.6 Å². The van der Waals surface area contributed by atoms with E-state index in [0.717, 1.165) is 51.6 Å². The van der Waals surface area contributed by atoms with Gasteiger partial charge in [0.2, 0.25) is 0 Å². The summed E-state index contributed by atoms with van der Waals surface area (Å²) in [5, 5.41) is 6.91. The van der Waals surface area contributed by atoms with Crippen LogP contribution < -0.4 is 5.32 Å². The number of nitrogens with one attached hydrogen (secondary N) is 1. The monoisotopic (exact) mass is 336 g/mol. The second-order valence-electron chi connectivity index (χ2n) is 7.02. The SMILES string of the molecule is CC(C)N1CC[C@@H](CNC(=O)c2cc(CN3CCOCC3)on2)C1. The minimum absolute atomic E-state index is 0.144. The maximum atomic E-state index is 12.2. The van der Waals surface area contributed by atoms with Crippen LogP contribution >= 0.6 is 0 Å². The number of hydrogen-bond donors (Lipinski definition) is 1. The topological polar surface area (TPSA) is 70.8 Å². The first-order valence-electron chi connectivity index (χ1n) is 8.90. The molecule has 3 heterocycles. The standard InChI is InChI=1S/C17H28N4O3/c1-13(2)21-4-3-14(11-21)10-18-17(22)16-9-15(24-19-16)12-20-5-7-23-8-6-20/h9,13-14H,3-8,10-12H2,1-2H3,(H,18,22)/t14-/m0/s1. The average molecular weight is 336 g/mol. The summed E-state index contributed by atoms with van der Waals surface area (Å²) in [6.07, 6.45) is 1.14. The van der Waals surface area contributed by atoms with Gasteiger partial charge >= 0.3 is 0 Å². The molecule has 0 aromatic carbocycles. The molecular weight excluding hydrogens is 308 g/mol. The van der Waals surface area contributed by atoms with Gasteiger partial charge in [0.15, 0.2) is 11.5 Å². The first-order valence-corrected chi connectivity index (χ1v) is 8.90. The molecule has 0 bridgehead atoms. The lowest BCUT2D eigenvalue weighted by atomic mass is 10.1. The summed E-state index contributed by atoms with van der Waals surface area (Å²) in [5.74, 6) is 1.11. The van der Waals surface area contributed by atoms with E-state index in [1.165, 1.54) is 0 Å². The smallest absolute Gasteiger partial charge is 0.273 e. The number of rotatable bonds is 6. The highest BCUT2D eigenvalue weighted by Crippen LogP contribution is 2.17. The zero-order valence-electron chi connectivity index (χ0n) is 14.7. The minimum Gasteiger partial charge on any atom is -0.379 e. The molecule has 2 fully saturated rings. The van der Waals surface area contributed by atoms with Gasteiger partial charge in [0, 0.05) is 38.3 Å². The van der Waals surface area contributed by atoms with E-state index in [4.69, 9.17) is 9.26 Å². The third kappa shape index (κ3) is 4.55. The molecule has 7 heteroatoms. The maximum Gasteiger partial charge on any atom is 0.273 e. The van der Waals surface area contributed by atoms with Gasteiger partial charge in [-0.15, -0.1) is 0 Å². The summed E-state index contributed by atoms with van der Waals surface area (Å²) in [5.41, 5.74) is 0.372. The van der Waals surface area contributed by atoms with Crippen LogP contribution in [-0.4, -0.2) is 72.8 Å². The van der Waals surface area contributed by atoms with Gasteiger partial charge in [-0.3, -0.25) is 9.69 Å². The van der Waals surface area contributed by atoms with E-state index in [2.05, 4.69) is 34.1 Å². The van der Waals surface area contributed by atoms with E-state index in [9.17, 15) is 4.79 Å². The third-order valence-electron chi connectivity index (χ3n) is 4.87. The van der Waals surface area contributed by atoms with Crippen LogP contribution in [-0.2, 0) is 11.3 Å². The van der Waals surface area contributed by atoms with Gasteiger partial charge in [-0.05, 0) is 32.7 Å². The van der Waals surface area contributed by atoms with Crippen molar-refractivity contribution in [3.63, 3.8) is 0 Å². The number of amides is 1. The number of ether oxygens (including phenoxy) is 1.